The normalized spacial score (nSPS) is 10.2. The number of amides is 2. The zero-order chi connectivity index (χ0) is 20.1. The van der Waals surface area contributed by atoms with E-state index in [1.165, 1.54) is 29.4 Å². The van der Waals surface area contributed by atoms with Gasteiger partial charge in [-0.1, -0.05) is 23.7 Å². The average Bonchev–Trinajstić information content (AvgIpc) is 3.14. The van der Waals surface area contributed by atoms with E-state index in [2.05, 4.69) is 10.1 Å². The van der Waals surface area contributed by atoms with E-state index in [9.17, 15) is 14.4 Å². The molecule has 142 valence electrons. The van der Waals surface area contributed by atoms with E-state index in [1.54, 1.807) is 54.6 Å². The number of thiophene rings is 1. The number of halogens is 1. The molecule has 0 aliphatic carbocycles. The number of nitrogens with zero attached hydrogens (tertiary/aromatic N) is 1. The Kier molecular flexibility index (Phi) is 6.08. The van der Waals surface area contributed by atoms with E-state index in [0.29, 0.717) is 38.2 Å². The SMILES string of the molecule is COC(=O)c1cccc(NC(=O)c2cccc(N(C=O)c3ccc(Cl)s3)c2)c1. The molecule has 0 saturated heterocycles. The number of carbonyl (C=O) groups is 3. The predicted molar refractivity (Wildman–Crippen MR) is 110 cm³/mol. The summed E-state index contributed by atoms with van der Waals surface area (Å²) in [5.41, 5.74) is 1.67. The maximum Gasteiger partial charge on any atom is 0.337 e. The van der Waals surface area contributed by atoms with Gasteiger partial charge >= 0.3 is 5.97 Å². The van der Waals surface area contributed by atoms with Crippen molar-refractivity contribution in [2.24, 2.45) is 0 Å². The average molecular weight is 415 g/mol. The van der Waals surface area contributed by atoms with Crippen molar-refractivity contribution < 1.29 is 19.1 Å². The van der Waals surface area contributed by atoms with Gasteiger partial charge in [0.15, 0.2) is 0 Å². The summed E-state index contributed by atoms with van der Waals surface area (Å²) in [6, 6.07) is 16.5. The van der Waals surface area contributed by atoms with Gasteiger partial charge in [-0.3, -0.25) is 14.5 Å². The second kappa shape index (κ2) is 8.69. The summed E-state index contributed by atoms with van der Waals surface area (Å²) in [5, 5.41) is 3.38. The molecule has 8 heteroatoms. The van der Waals surface area contributed by atoms with E-state index in [0.717, 1.165) is 0 Å². The third kappa shape index (κ3) is 4.39. The highest BCUT2D eigenvalue weighted by Crippen LogP contribution is 2.33. The molecule has 0 atom stereocenters. The maximum absolute atomic E-state index is 12.6. The van der Waals surface area contributed by atoms with Crippen LogP contribution in [-0.4, -0.2) is 25.4 Å². The van der Waals surface area contributed by atoms with Crippen LogP contribution in [-0.2, 0) is 9.53 Å². The predicted octanol–water partition coefficient (Wildman–Crippen LogP) is 4.73. The maximum atomic E-state index is 12.6. The minimum Gasteiger partial charge on any atom is -0.465 e. The lowest BCUT2D eigenvalue weighted by Crippen LogP contribution is -2.16. The van der Waals surface area contributed by atoms with Crippen molar-refractivity contribution in [1.29, 1.82) is 0 Å². The standard InChI is InChI=1S/C20H15ClN2O4S/c1-27-20(26)14-5-2-6-15(10-14)22-19(25)13-4-3-7-16(11-13)23(12-24)18-9-8-17(21)28-18/h2-12H,1H3,(H,22,25). The molecule has 0 radical (unpaired) electrons. The Morgan fingerprint density at radius 1 is 1.07 bits per heavy atom. The fraction of sp³-hybridized carbons (Fsp3) is 0.0500. The fourth-order valence-corrected chi connectivity index (χ4v) is 3.54. The van der Waals surface area contributed by atoms with Crippen molar-refractivity contribution in [3.8, 4) is 0 Å². The Balaban J connectivity index is 1.82. The van der Waals surface area contributed by atoms with Gasteiger partial charge in [0, 0.05) is 11.3 Å². The molecular formula is C20H15ClN2O4S. The monoisotopic (exact) mass is 414 g/mol. The van der Waals surface area contributed by atoms with Gasteiger partial charge in [0.25, 0.3) is 5.91 Å². The zero-order valence-corrected chi connectivity index (χ0v) is 16.3. The van der Waals surface area contributed by atoms with E-state index in [-0.39, 0.29) is 5.91 Å². The van der Waals surface area contributed by atoms with Gasteiger partial charge in [-0.2, -0.15) is 0 Å². The first-order chi connectivity index (χ1) is 13.5. The smallest absolute Gasteiger partial charge is 0.337 e. The Morgan fingerprint density at radius 3 is 2.50 bits per heavy atom. The van der Waals surface area contributed by atoms with E-state index in [1.807, 2.05) is 0 Å². The zero-order valence-electron chi connectivity index (χ0n) is 14.7. The van der Waals surface area contributed by atoms with Crippen LogP contribution >= 0.6 is 22.9 Å². The molecule has 0 spiro atoms. The van der Waals surface area contributed by atoms with Crippen LogP contribution in [0.4, 0.5) is 16.4 Å². The van der Waals surface area contributed by atoms with Gasteiger partial charge in [0.1, 0.15) is 5.00 Å². The molecule has 28 heavy (non-hydrogen) atoms. The second-order valence-corrected chi connectivity index (χ2v) is 7.32. The van der Waals surface area contributed by atoms with Gasteiger partial charge in [-0.15, -0.1) is 11.3 Å². The number of hydrogen-bond acceptors (Lipinski definition) is 5. The first-order valence-electron chi connectivity index (χ1n) is 8.11. The lowest BCUT2D eigenvalue weighted by Gasteiger charge is -2.16. The molecule has 1 heterocycles. The molecule has 0 aliphatic heterocycles. The van der Waals surface area contributed by atoms with Crippen LogP contribution in [0.3, 0.4) is 0 Å². The summed E-state index contributed by atoms with van der Waals surface area (Å²) in [7, 11) is 1.29. The number of ether oxygens (including phenoxy) is 1. The van der Waals surface area contributed by atoms with Crippen LogP contribution < -0.4 is 10.2 Å². The highest BCUT2D eigenvalue weighted by molar-refractivity contribution is 7.20. The second-order valence-electron chi connectivity index (χ2n) is 5.63. The molecule has 2 aromatic carbocycles. The quantitative estimate of drug-likeness (QED) is 0.467. The molecule has 0 fully saturated rings. The van der Waals surface area contributed by atoms with Gasteiger partial charge in [-0.25, -0.2) is 4.79 Å². The first kappa shape index (κ1) is 19.6. The summed E-state index contributed by atoms with van der Waals surface area (Å²) in [5.74, 6) is -0.867. The molecule has 2 amide bonds. The molecular weight excluding hydrogens is 400 g/mol. The minimum absolute atomic E-state index is 0.329. The number of methoxy groups -OCH3 is 1. The number of carbonyl (C=O) groups excluding carboxylic acids is 3. The molecule has 0 saturated carbocycles. The number of rotatable bonds is 6. The third-order valence-electron chi connectivity index (χ3n) is 3.83. The van der Waals surface area contributed by atoms with Crippen molar-refractivity contribution in [3.05, 3.63) is 76.1 Å². The lowest BCUT2D eigenvalue weighted by atomic mass is 10.1. The summed E-state index contributed by atoms with van der Waals surface area (Å²) in [6.07, 6.45) is 0.666. The number of benzene rings is 2. The lowest BCUT2D eigenvalue weighted by molar-refractivity contribution is -0.106. The Labute approximate surface area is 170 Å². The van der Waals surface area contributed by atoms with Gasteiger partial charge in [0.05, 0.1) is 22.7 Å². The van der Waals surface area contributed by atoms with Gasteiger partial charge in [0.2, 0.25) is 6.41 Å². The Hall–Kier alpha value is -3.16. The molecule has 0 bridgehead atoms. The van der Waals surface area contributed by atoms with E-state index in [4.69, 9.17) is 11.6 Å². The Bertz CT molecular complexity index is 1030. The molecule has 1 aromatic heterocycles. The number of hydrogen-bond donors (Lipinski definition) is 1. The summed E-state index contributed by atoms with van der Waals surface area (Å²) >= 11 is 7.20. The van der Waals surface area contributed by atoms with Crippen molar-refractivity contribution in [3.63, 3.8) is 0 Å². The van der Waals surface area contributed by atoms with Crippen molar-refractivity contribution in [1.82, 2.24) is 0 Å². The number of anilines is 3. The summed E-state index contributed by atoms with van der Waals surface area (Å²) in [6.45, 7) is 0. The van der Waals surface area contributed by atoms with E-state index >= 15 is 0 Å². The van der Waals surface area contributed by atoms with Crippen molar-refractivity contribution >= 4 is 57.6 Å². The fourth-order valence-electron chi connectivity index (χ4n) is 2.52. The number of nitrogens with one attached hydrogen (secondary N) is 1. The highest BCUT2D eigenvalue weighted by Gasteiger charge is 2.14. The summed E-state index contributed by atoms with van der Waals surface area (Å²) < 4.78 is 5.24. The number of esters is 1. The van der Waals surface area contributed by atoms with Crippen LogP contribution in [0.2, 0.25) is 4.34 Å². The molecule has 6 nitrogen and oxygen atoms in total. The third-order valence-corrected chi connectivity index (χ3v) is 5.06. The molecule has 0 aliphatic rings. The molecule has 0 unspecified atom stereocenters. The van der Waals surface area contributed by atoms with Gasteiger partial charge < -0.3 is 10.1 Å². The van der Waals surface area contributed by atoms with Crippen LogP contribution in [0.15, 0.2) is 60.7 Å². The topological polar surface area (TPSA) is 75.7 Å². The highest BCUT2D eigenvalue weighted by atomic mass is 35.5. The van der Waals surface area contributed by atoms with Crippen LogP contribution in [0.25, 0.3) is 0 Å². The van der Waals surface area contributed by atoms with E-state index < -0.39 is 5.97 Å². The van der Waals surface area contributed by atoms with Gasteiger partial charge in [-0.05, 0) is 48.5 Å². The van der Waals surface area contributed by atoms with Crippen molar-refractivity contribution in [2.45, 2.75) is 0 Å². The minimum atomic E-state index is -0.491. The molecule has 1 N–H and O–H groups in total. The van der Waals surface area contributed by atoms with Crippen LogP contribution in [0, 0.1) is 0 Å². The summed E-state index contributed by atoms with van der Waals surface area (Å²) in [4.78, 5) is 37.2. The molecule has 3 aromatic rings. The first-order valence-corrected chi connectivity index (χ1v) is 9.31. The van der Waals surface area contributed by atoms with Crippen molar-refractivity contribution in [2.75, 3.05) is 17.3 Å². The largest absolute Gasteiger partial charge is 0.465 e. The Morgan fingerprint density at radius 2 is 1.82 bits per heavy atom. The molecule has 3 rings (SSSR count). The van der Waals surface area contributed by atoms with Crippen LogP contribution in [0.5, 0.6) is 0 Å². The van der Waals surface area contributed by atoms with Crippen LogP contribution in [0.1, 0.15) is 20.7 Å².